The van der Waals surface area contributed by atoms with Gasteiger partial charge >= 0.3 is 0 Å². The first-order valence-corrected chi connectivity index (χ1v) is 12.8. The first-order chi connectivity index (χ1) is 15.8. The number of ether oxygens (including phenoxy) is 1. The van der Waals surface area contributed by atoms with Crippen LogP contribution in [0.4, 0.5) is 0 Å². The molecular weight excluding hydrogens is 414 g/mol. The molecule has 6 nitrogen and oxygen atoms in total. The Balaban J connectivity index is 1.37. The fourth-order valence-corrected chi connectivity index (χ4v) is 5.88. The minimum Gasteiger partial charge on any atom is -0.378 e. The number of nitrogens with one attached hydrogen (secondary N) is 1. The quantitative estimate of drug-likeness (QED) is 0.661. The van der Waals surface area contributed by atoms with E-state index in [1.54, 1.807) is 13.8 Å². The van der Waals surface area contributed by atoms with E-state index in [1.165, 1.54) is 49.7 Å². The molecule has 1 saturated heterocycles. The summed E-state index contributed by atoms with van der Waals surface area (Å²) >= 11 is 0. The van der Waals surface area contributed by atoms with Crippen LogP contribution in [0.1, 0.15) is 76.3 Å². The van der Waals surface area contributed by atoms with Crippen LogP contribution >= 0.6 is 0 Å². The molecule has 1 aromatic carbocycles. The van der Waals surface area contributed by atoms with Crippen molar-refractivity contribution in [2.45, 2.75) is 88.6 Å². The lowest BCUT2D eigenvalue weighted by atomic mass is 9.74. The summed E-state index contributed by atoms with van der Waals surface area (Å²) in [5.41, 5.74) is 8.09. The van der Waals surface area contributed by atoms with E-state index < -0.39 is 11.6 Å². The molecule has 0 aromatic heterocycles. The summed E-state index contributed by atoms with van der Waals surface area (Å²) in [5.74, 6) is 0.200. The first kappa shape index (κ1) is 24.2. The second-order valence-corrected chi connectivity index (χ2v) is 11.1. The second-order valence-electron chi connectivity index (χ2n) is 11.1. The standard InChI is InChI=1S/C27H41N3O3/c1-26(2,28)25(32)29-23(19-33-18-20-8-4-3-5-9-20)24(31)30-16-14-27(15-17-30)13-12-21-10-6-7-11-22(21)27/h6-7,10-11,20,23H,3-5,8-9,12-19,28H2,1-2H3,(H,29,32). The van der Waals surface area contributed by atoms with Gasteiger partial charge in [0.25, 0.3) is 0 Å². The van der Waals surface area contributed by atoms with Gasteiger partial charge in [-0.15, -0.1) is 0 Å². The van der Waals surface area contributed by atoms with E-state index in [4.69, 9.17) is 10.5 Å². The zero-order chi connectivity index (χ0) is 23.5. The molecule has 1 aromatic rings. The summed E-state index contributed by atoms with van der Waals surface area (Å²) < 4.78 is 6.00. The molecule has 0 radical (unpaired) electrons. The number of hydrogen-bond donors (Lipinski definition) is 2. The van der Waals surface area contributed by atoms with Gasteiger partial charge in [0.05, 0.1) is 12.1 Å². The predicted molar refractivity (Wildman–Crippen MR) is 130 cm³/mol. The Morgan fingerprint density at radius 2 is 1.85 bits per heavy atom. The number of nitrogens with two attached hydrogens (primary N) is 1. The van der Waals surface area contributed by atoms with Crippen LogP contribution < -0.4 is 11.1 Å². The van der Waals surface area contributed by atoms with Crippen molar-refractivity contribution in [3.63, 3.8) is 0 Å². The zero-order valence-electron chi connectivity index (χ0n) is 20.4. The summed E-state index contributed by atoms with van der Waals surface area (Å²) in [6.45, 7) is 5.62. The van der Waals surface area contributed by atoms with Crippen LogP contribution in [-0.4, -0.2) is 54.6 Å². The summed E-state index contributed by atoms with van der Waals surface area (Å²) in [6.07, 6.45) is 10.4. The van der Waals surface area contributed by atoms with E-state index in [2.05, 4.69) is 29.6 Å². The van der Waals surface area contributed by atoms with Gasteiger partial charge in [-0.3, -0.25) is 9.59 Å². The molecule has 1 heterocycles. The predicted octanol–water partition coefficient (Wildman–Crippen LogP) is 3.31. The Kier molecular flexibility index (Phi) is 7.44. The van der Waals surface area contributed by atoms with Gasteiger partial charge in [0.15, 0.2) is 0 Å². The zero-order valence-corrected chi connectivity index (χ0v) is 20.4. The van der Waals surface area contributed by atoms with E-state index in [-0.39, 0.29) is 23.8 Å². The maximum absolute atomic E-state index is 13.5. The molecule has 2 amide bonds. The Morgan fingerprint density at radius 1 is 1.15 bits per heavy atom. The number of amides is 2. The molecule has 4 rings (SSSR count). The van der Waals surface area contributed by atoms with Crippen LogP contribution in [0.25, 0.3) is 0 Å². The van der Waals surface area contributed by atoms with Gasteiger partial charge in [0.2, 0.25) is 11.8 Å². The smallest absolute Gasteiger partial charge is 0.247 e. The largest absolute Gasteiger partial charge is 0.378 e. The number of aryl methyl sites for hydroxylation is 1. The Bertz CT molecular complexity index is 833. The number of fused-ring (bicyclic) bond motifs is 2. The molecule has 2 fully saturated rings. The van der Waals surface area contributed by atoms with E-state index in [0.29, 0.717) is 25.6 Å². The van der Waals surface area contributed by atoms with Crippen LogP contribution in [0.5, 0.6) is 0 Å². The second kappa shape index (κ2) is 10.1. The number of benzene rings is 1. The highest BCUT2D eigenvalue weighted by Crippen LogP contribution is 2.46. The van der Waals surface area contributed by atoms with E-state index in [1.807, 2.05) is 4.90 Å². The third-order valence-corrected chi connectivity index (χ3v) is 8.05. The molecule has 6 heteroatoms. The fraction of sp³-hybridized carbons (Fsp3) is 0.704. The lowest BCUT2D eigenvalue weighted by Gasteiger charge is -2.41. The van der Waals surface area contributed by atoms with Gasteiger partial charge in [-0.2, -0.15) is 0 Å². The van der Waals surface area contributed by atoms with Crippen molar-refractivity contribution in [2.75, 3.05) is 26.3 Å². The maximum Gasteiger partial charge on any atom is 0.247 e. The fourth-order valence-electron chi connectivity index (χ4n) is 5.88. The number of carbonyl (C=O) groups excluding carboxylic acids is 2. The molecule has 1 atom stereocenters. The Hall–Kier alpha value is -1.92. The van der Waals surface area contributed by atoms with Crippen LogP contribution in [0, 0.1) is 5.92 Å². The third kappa shape index (κ3) is 5.60. The number of likely N-dealkylation sites (tertiary alicyclic amines) is 1. The average molecular weight is 456 g/mol. The van der Waals surface area contributed by atoms with Gasteiger partial charge in [0, 0.05) is 19.7 Å². The number of piperidine rings is 1. The van der Waals surface area contributed by atoms with E-state index in [0.717, 1.165) is 19.3 Å². The van der Waals surface area contributed by atoms with Crippen molar-refractivity contribution >= 4 is 11.8 Å². The van der Waals surface area contributed by atoms with Gasteiger partial charge in [-0.05, 0) is 74.8 Å². The normalized spacial score (nSPS) is 21.6. The monoisotopic (exact) mass is 455 g/mol. The number of carbonyl (C=O) groups is 2. The van der Waals surface area contributed by atoms with Gasteiger partial charge in [-0.1, -0.05) is 43.5 Å². The lowest BCUT2D eigenvalue weighted by molar-refractivity contribution is -0.140. The highest BCUT2D eigenvalue weighted by molar-refractivity contribution is 5.91. The molecule has 182 valence electrons. The number of hydrogen-bond acceptors (Lipinski definition) is 4. The van der Waals surface area contributed by atoms with Gasteiger partial charge in [0.1, 0.15) is 6.04 Å². The van der Waals surface area contributed by atoms with Crippen LogP contribution in [0.3, 0.4) is 0 Å². The van der Waals surface area contributed by atoms with E-state index >= 15 is 0 Å². The third-order valence-electron chi connectivity index (χ3n) is 8.05. The molecule has 1 saturated carbocycles. The first-order valence-electron chi connectivity index (χ1n) is 12.8. The highest BCUT2D eigenvalue weighted by atomic mass is 16.5. The van der Waals surface area contributed by atoms with Crippen LogP contribution in [0.15, 0.2) is 24.3 Å². The van der Waals surface area contributed by atoms with Crippen molar-refractivity contribution < 1.29 is 14.3 Å². The molecule has 3 aliphatic rings. The molecule has 1 spiro atoms. The van der Waals surface area contributed by atoms with Crippen molar-refractivity contribution in [1.82, 2.24) is 10.2 Å². The van der Waals surface area contributed by atoms with Crippen molar-refractivity contribution in [3.05, 3.63) is 35.4 Å². The van der Waals surface area contributed by atoms with Gasteiger partial charge in [-0.25, -0.2) is 0 Å². The molecule has 2 aliphatic carbocycles. The number of rotatable bonds is 7. The van der Waals surface area contributed by atoms with E-state index in [9.17, 15) is 9.59 Å². The topological polar surface area (TPSA) is 84.7 Å². The summed E-state index contributed by atoms with van der Waals surface area (Å²) in [4.78, 5) is 28.0. The van der Waals surface area contributed by atoms with Crippen molar-refractivity contribution in [1.29, 1.82) is 0 Å². The summed E-state index contributed by atoms with van der Waals surface area (Å²) in [7, 11) is 0. The summed E-state index contributed by atoms with van der Waals surface area (Å²) in [5, 5.41) is 2.89. The molecule has 3 N–H and O–H groups in total. The lowest BCUT2D eigenvalue weighted by Crippen LogP contribution is -2.59. The minimum atomic E-state index is -1.04. The molecular formula is C27H41N3O3. The Morgan fingerprint density at radius 3 is 2.55 bits per heavy atom. The van der Waals surface area contributed by atoms with Crippen molar-refractivity contribution in [3.8, 4) is 0 Å². The summed E-state index contributed by atoms with van der Waals surface area (Å²) in [6, 6.07) is 8.08. The molecule has 1 aliphatic heterocycles. The van der Waals surface area contributed by atoms with Gasteiger partial charge < -0.3 is 20.7 Å². The SMILES string of the molecule is CC(C)(N)C(=O)NC(COCC1CCCCC1)C(=O)N1CCC2(CCc3ccccc32)CC1. The Labute approximate surface area is 198 Å². The molecule has 33 heavy (non-hydrogen) atoms. The van der Waals surface area contributed by atoms with Crippen LogP contribution in [0.2, 0.25) is 0 Å². The maximum atomic E-state index is 13.5. The molecule has 1 unspecified atom stereocenters. The van der Waals surface area contributed by atoms with Crippen molar-refractivity contribution in [2.24, 2.45) is 11.7 Å². The number of nitrogens with zero attached hydrogens (tertiary/aromatic N) is 1. The van der Waals surface area contributed by atoms with Crippen LogP contribution in [-0.2, 0) is 26.2 Å². The molecule has 0 bridgehead atoms. The average Bonchev–Trinajstić information content (AvgIpc) is 3.16. The minimum absolute atomic E-state index is 0.0441. The highest BCUT2D eigenvalue weighted by Gasteiger charge is 2.42.